The Balaban J connectivity index is 1.35. The number of piperidine rings is 1. The topological polar surface area (TPSA) is 24.5 Å². The van der Waals surface area contributed by atoms with E-state index in [1.165, 1.54) is 58.4 Å². The highest BCUT2D eigenvalue weighted by molar-refractivity contribution is 5.02. The van der Waals surface area contributed by atoms with Crippen LogP contribution in [0.5, 0.6) is 0 Å². The fourth-order valence-corrected chi connectivity index (χ4v) is 4.63. The van der Waals surface area contributed by atoms with Crippen LogP contribution in [0, 0.1) is 17.8 Å². The molecule has 3 heteroatoms. The summed E-state index contributed by atoms with van der Waals surface area (Å²) in [5.41, 5.74) is 0. The minimum atomic E-state index is 0.628. The lowest BCUT2D eigenvalue weighted by Crippen LogP contribution is -2.36. The van der Waals surface area contributed by atoms with Crippen LogP contribution >= 0.6 is 0 Å². The summed E-state index contributed by atoms with van der Waals surface area (Å²) in [6.07, 6.45) is 6.70. The van der Waals surface area contributed by atoms with Gasteiger partial charge in [0.25, 0.3) is 0 Å². The van der Waals surface area contributed by atoms with Gasteiger partial charge in [-0.05, 0) is 44.7 Å². The van der Waals surface area contributed by atoms with Gasteiger partial charge in [0.15, 0.2) is 0 Å². The highest BCUT2D eigenvalue weighted by Crippen LogP contribution is 2.47. The molecule has 0 aliphatic carbocycles. The van der Waals surface area contributed by atoms with E-state index in [-0.39, 0.29) is 0 Å². The number of hydrogen-bond acceptors (Lipinski definition) is 3. The minimum absolute atomic E-state index is 0.628. The third kappa shape index (κ3) is 1.83. The van der Waals surface area contributed by atoms with Gasteiger partial charge in [-0.1, -0.05) is 0 Å². The second-order valence-electron chi connectivity index (χ2n) is 6.53. The van der Waals surface area contributed by atoms with Crippen LogP contribution in [0.4, 0.5) is 0 Å². The predicted octanol–water partition coefficient (Wildman–Crippen LogP) is 1.10. The average molecular weight is 236 g/mol. The first kappa shape index (κ1) is 10.8. The first-order valence-electron chi connectivity index (χ1n) is 7.48. The van der Waals surface area contributed by atoms with Crippen LogP contribution in [0.3, 0.4) is 0 Å². The molecule has 4 aliphatic heterocycles. The van der Waals surface area contributed by atoms with Crippen LogP contribution in [-0.2, 0) is 4.74 Å². The van der Waals surface area contributed by atoms with Gasteiger partial charge in [0.05, 0.1) is 12.2 Å². The highest BCUT2D eigenvalue weighted by atomic mass is 16.5. The van der Waals surface area contributed by atoms with E-state index >= 15 is 0 Å². The number of fused-ring (bicyclic) bond motifs is 5. The van der Waals surface area contributed by atoms with E-state index < -0.39 is 0 Å². The Kier molecular flexibility index (Phi) is 2.67. The van der Waals surface area contributed by atoms with Crippen LogP contribution in [0.15, 0.2) is 0 Å². The van der Waals surface area contributed by atoms with E-state index in [4.69, 9.17) is 4.74 Å². The van der Waals surface area contributed by atoms with Crippen molar-refractivity contribution in [2.45, 2.75) is 37.9 Å². The van der Waals surface area contributed by atoms with E-state index in [1.54, 1.807) is 0 Å². The summed E-state index contributed by atoms with van der Waals surface area (Å²) in [7, 11) is 0. The van der Waals surface area contributed by atoms with E-state index in [9.17, 15) is 0 Å². The molecule has 4 saturated heterocycles. The molecule has 4 aliphatic rings. The van der Waals surface area contributed by atoms with Crippen molar-refractivity contribution >= 4 is 0 Å². The maximum atomic E-state index is 6.04. The average Bonchev–Trinajstić information content (AvgIpc) is 3.00. The number of ether oxygens (including phenoxy) is 1. The quantitative estimate of drug-likeness (QED) is 0.777. The predicted molar refractivity (Wildman–Crippen MR) is 66.9 cm³/mol. The SMILES string of the molecule is C1CC(CN2CC3C4CCC(O4)C3C2)CCN1. The third-order valence-electron chi connectivity index (χ3n) is 5.50. The number of likely N-dealkylation sites (tertiary alicyclic amines) is 1. The molecule has 4 rings (SSSR count). The molecule has 0 radical (unpaired) electrons. The molecule has 4 unspecified atom stereocenters. The second-order valence-corrected chi connectivity index (χ2v) is 6.53. The summed E-state index contributed by atoms with van der Waals surface area (Å²) in [5, 5.41) is 3.47. The molecule has 0 aromatic carbocycles. The van der Waals surface area contributed by atoms with Crippen LogP contribution < -0.4 is 5.32 Å². The molecule has 0 spiro atoms. The van der Waals surface area contributed by atoms with Gasteiger partial charge < -0.3 is 15.0 Å². The summed E-state index contributed by atoms with van der Waals surface area (Å²) in [6.45, 7) is 6.49. The summed E-state index contributed by atoms with van der Waals surface area (Å²) in [5.74, 6) is 2.72. The molecular weight excluding hydrogens is 212 g/mol. The number of nitrogens with zero attached hydrogens (tertiary/aromatic N) is 1. The van der Waals surface area contributed by atoms with Crippen molar-refractivity contribution in [2.75, 3.05) is 32.7 Å². The van der Waals surface area contributed by atoms with Crippen LogP contribution in [0.2, 0.25) is 0 Å². The standard InChI is InChI=1S/C14H24N2O/c1-2-14-12-9-16(8-11(12)13(1)17-14)7-10-3-5-15-6-4-10/h10-15H,1-9H2. The number of nitrogens with one attached hydrogen (secondary N) is 1. The van der Waals surface area contributed by atoms with E-state index in [0.717, 1.165) is 17.8 Å². The molecule has 0 aromatic rings. The molecule has 4 heterocycles. The highest BCUT2D eigenvalue weighted by Gasteiger charge is 2.52. The first-order chi connectivity index (χ1) is 8.40. The van der Waals surface area contributed by atoms with E-state index in [2.05, 4.69) is 10.2 Å². The molecule has 1 N–H and O–H groups in total. The van der Waals surface area contributed by atoms with Gasteiger partial charge in [-0.2, -0.15) is 0 Å². The number of rotatable bonds is 2. The van der Waals surface area contributed by atoms with Crippen molar-refractivity contribution in [2.24, 2.45) is 17.8 Å². The lowest BCUT2D eigenvalue weighted by atomic mass is 9.82. The lowest BCUT2D eigenvalue weighted by molar-refractivity contribution is 0.0676. The van der Waals surface area contributed by atoms with Gasteiger partial charge in [-0.15, -0.1) is 0 Å². The third-order valence-corrected chi connectivity index (χ3v) is 5.50. The smallest absolute Gasteiger partial charge is 0.0624 e. The van der Waals surface area contributed by atoms with Crippen molar-refractivity contribution in [3.8, 4) is 0 Å². The molecule has 4 atom stereocenters. The van der Waals surface area contributed by atoms with Crippen molar-refractivity contribution in [3.05, 3.63) is 0 Å². The number of hydrogen-bond donors (Lipinski definition) is 1. The summed E-state index contributed by atoms with van der Waals surface area (Å²) >= 11 is 0. The van der Waals surface area contributed by atoms with Crippen LogP contribution in [-0.4, -0.2) is 49.8 Å². The zero-order valence-electron chi connectivity index (χ0n) is 10.6. The Morgan fingerprint density at radius 2 is 1.59 bits per heavy atom. The molecule has 2 bridgehead atoms. The van der Waals surface area contributed by atoms with Crippen LogP contribution in [0.1, 0.15) is 25.7 Å². The Labute approximate surface area is 104 Å². The van der Waals surface area contributed by atoms with Gasteiger partial charge in [0.1, 0.15) is 0 Å². The van der Waals surface area contributed by atoms with Gasteiger partial charge in [0, 0.05) is 31.5 Å². The Morgan fingerprint density at radius 3 is 2.24 bits per heavy atom. The van der Waals surface area contributed by atoms with Crippen molar-refractivity contribution in [3.63, 3.8) is 0 Å². The normalized spacial score (nSPS) is 46.6. The molecular formula is C14H24N2O. The maximum Gasteiger partial charge on any atom is 0.0624 e. The second kappa shape index (κ2) is 4.22. The molecule has 3 nitrogen and oxygen atoms in total. The van der Waals surface area contributed by atoms with Gasteiger partial charge in [0.2, 0.25) is 0 Å². The first-order valence-corrected chi connectivity index (χ1v) is 7.48. The fourth-order valence-electron chi connectivity index (χ4n) is 4.63. The van der Waals surface area contributed by atoms with Crippen molar-refractivity contribution in [1.82, 2.24) is 10.2 Å². The Morgan fingerprint density at radius 1 is 0.941 bits per heavy atom. The van der Waals surface area contributed by atoms with Crippen molar-refractivity contribution < 1.29 is 4.74 Å². The Bertz CT molecular complexity index is 272. The minimum Gasteiger partial charge on any atom is -0.374 e. The largest absolute Gasteiger partial charge is 0.374 e. The monoisotopic (exact) mass is 236 g/mol. The molecule has 17 heavy (non-hydrogen) atoms. The summed E-state index contributed by atoms with van der Waals surface area (Å²) in [6, 6.07) is 0. The van der Waals surface area contributed by atoms with Crippen LogP contribution in [0.25, 0.3) is 0 Å². The van der Waals surface area contributed by atoms with Gasteiger partial charge in [-0.25, -0.2) is 0 Å². The molecule has 0 saturated carbocycles. The fraction of sp³-hybridized carbons (Fsp3) is 1.00. The van der Waals surface area contributed by atoms with Crippen molar-refractivity contribution in [1.29, 1.82) is 0 Å². The maximum absolute atomic E-state index is 6.04. The zero-order chi connectivity index (χ0) is 11.2. The van der Waals surface area contributed by atoms with Gasteiger partial charge in [-0.3, -0.25) is 0 Å². The molecule has 0 aromatic heterocycles. The zero-order valence-corrected chi connectivity index (χ0v) is 10.6. The lowest BCUT2D eigenvalue weighted by Gasteiger charge is -2.28. The molecule has 0 amide bonds. The summed E-state index contributed by atoms with van der Waals surface area (Å²) < 4.78 is 6.04. The van der Waals surface area contributed by atoms with Gasteiger partial charge >= 0.3 is 0 Å². The molecule has 4 fully saturated rings. The van der Waals surface area contributed by atoms with E-state index in [1.807, 2.05) is 0 Å². The Hall–Kier alpha value is -0.120. The molecule has 96 valence electrons. The summed E-state index contributed by atoms with van der Waals surface area (Å²) in [4.78, 5) is 2.75. The van der Waals surface area contributed by atoms with E-state index in [0.29, 0.717) is 12.2 Å².